The highest BCUT2D eigenvalue weighted by Gasteiger charge is 2.18. The molecule has 3 nitrogen and oxygen atoms in total. The van der Waals surface area contributed by atoms with E-state index < -0.39 is 0 Å². The Balaban J connectivity index is 1.64. The van der Waals surface area contributed by atoms with Crippen molar-refractivity contribution in [3.05, 3.63) is 29.8 Å². The van der Waals surface area contributed by atoms with Crippen LogP contribution in [0.25, 0.3) is 0 Å². The van der Waals surface area contributed by atoms with E-state index in [-0.39, 0.29) is 6.10 Å². The normalized spacial score (nSPS) is 25.2. The molecule has 2 fully saturated rings. The van der Waals surface area contributed by atoms with Gasteiger partial charge in [-0.25, -0.2) is 0 Å². The molecule has 1 aromatic rings. The van der Waals surface area contributed by atoms with E-state index >= 15 is 0 Å². The number of rotatable bonds is 3. The number of benzene rings is 1. The average Bonchev–Trinajstić information content (AvgIpc) is 2.49. The second kappa shape index (κ2) is 6.40. The third-order valence-corrected chi connectivity index (χ3v) is 4.09. The van der Waals surface area contributed by atoms with Gasteiger partial charge in [0.05, 0.1) is 6.61 Å². The summed E-state index contributed by atoms with van der Waals surface area (Å²) in [6, 6.07) is 8.65. The molecule has 0 spiro atoms. The fraction of sp³-hybridized carbons (Fsp3) is 0.625. The molecular formula is C16H23NO2. The van der Waals surface area contributed by atoms with E-state index in [4.69, 9.17) is 9.47 Å². The van der Waals surface area contributed by atoms with Crippen LogP contribution in [0.2, 0.25) is 0 Å². The molecule has 3 heteroatoms. The Morgan fingerprint density at radius 2 is 2.05 bits per heavy atom. The average molecular weight is 261 g/mol. The number of nitrogens with one attached hydrogen (secondary N) is 1. The Bertz CT molecular complexity index is 395. The summed E-state index contributed by atoms with van der Waals surface area (Å²) in [4.78, 5) is 0. The predicted molar refractivity (Wildman–Crippen MR) is 75.8 cm³/mol. The van der Waals surface area contributed by atoms with E-state index in [1.165, 1.54) is 18.4 Å². The third kappa shape index (κ3) is 3.48. The number of ether oxygens (including phenoxy) is 2. The Kier molecular flexibility index (Phi) is 4.36. The van der Waals surface area contributed by atoms with Crippen LogP contribution in [0.4, 0.5) is 0 Å². The van der Waals surface area contributed by atoms with Gasteiger partial charge in [-0.05, 0) is 62.4 Å². The van der Waals surface area contributed by atoms with Crippen molar-refractivity contribution in [1.82, 2.24) is 5.32 Å². The van der Waals surface area contributed by atoms with Crippen molar-refractivity contribution < 1.29 is 9.47 Å². The molecule has 0 aromatic heterocycles. The van der Waals surface area contributed by atoms with Crippen LogP contribution in [0, 0.1) is 0 Å². The first kappa shape index (κ1) is 12.9. The van der Waals surface area contributed by atoms with Crippen molar-refractivity contribution >= 4 is 0 Å². The highest BCUT2D eigenvalue weighted by atomic mass is 16.5. The molecule has 19 heavy (non-hydrogen) atoms. The molecule has 3 rings (SSSR count). The minimum absolute atomic E-state index is 0.233. The van der Waals surface area contributed by atoms with Crippen molar-refractivity contribution in [3.63, 3.8) is 0 Å². The molecule has 1 N–H and O–H groups in total. The summed E-state index contributed by atoms with van der Waals surface area (Å²) in [5.41, 5.74) is 1.43. The van der Waals surface area contributed by atoms with Gasteiger partial charge in [0.2, 0.25) is 0 Å². The molecule has 0 saturated carbocycles. The summed E-state index contributed by atoms with van der Waals surface area (Å²) in [6.07, 6.45) is 4.92. The molecule has 0 bridgehead atoms. The minimum atomic E-state index is 0.233. The van der Waals surface area contributed by atoms with E-state index in [0.29, 0.717) is 5.92 Å². The first-order chi connectivity index (χ1) is 9.42. The van der Waals surface area contributed by atoms with E-state index in [9.17, 15) is 0 Å². The van der Waals surface area contributed by atoms with Gasteiger partial charge in [-0.3, -0.25) is 0 Å². The molecule has 1 aromatic carbocycles. The van der Waals surface area contributed by atoms with Crippen LogP contribution in [0.5, 0.6) is 5.75 Å². The van der Waals surface area contributed by atoms with Gasteiger partial charge in [0.25, 0.3) is 0 Å². The lowest BCUT2D eigenvalue weighted by molar-refractivity contribution is 0.00739. The molecular weight excluding hydrogens is 238 g/mol. The van der Waals surface area contributed by atoms with Crippen molar-refractivity contribution in [1.29, 1.82) is 0 Å². The first-order valence-electron chi connectivity index (χ1n) is 7.47. The zero-order valence-electron chi connectivity index (χ0n) is 11.4. The number of hydrogen-bond donors (Lipinski definition) is 1. The van der Waals surface area contributed by atoms with Gasteiger partial charge in [0.1, 0.15) is 11.9 Å². The highest BCUT2D eigenvalue weighted by molar-refractivity contribution is 5.31. The van der Waals surface area contributed by atoms with Gasteiger partial charge in [-0.1, -0.05) is 12.1 Å². The zero-order chi connectivity index (χ0) is 12.9. The lowest BCUT2D eigenvalue weighted by atomic mass is 9.90. The van der Waals surface area contributed by atoms with Gasteiger partial charge in [-0.2, -0.15) is 0 Å². The van der Waals surface area contributed by atoms with Crippen LogP contribution in [0.1, 0.15) is 37.2 Å². The summed E-state index contributed by atoms with van der Waals surface area (Å²) in [5, 5.41) is 3.42. The fourth-order valence-corrected chi connectivity index (χ4v) is 2.99. The molecule has 2 aliphatic rings. The Morgan fingerprint density at radius 3 is 2.84 bits per heavy atom. The fourth-order valence-electron chi connectivity index (χ4n) is 2.99. The highest BCUT2D eigenvalue weighted by Crippen LogP contribution is 2.28. The molecule has 0 aliphatic carbocycles. The van der Waals surface area contributed by atoms with Crippen LogP contribution >= 0.6 is 0 Å². The molecule has 1 unspecified atom stereocenters. The summed E-state index contributed by atoms with van der Waals surface area (Å²) in [7, 11) is 0. The maximum atomic E-state index is 6.05. The van der Waals surface area contributed by atoms with Crippen LogP contribution < -0.4 is 10.1 Å². The zero-order valence-corrected chi connectivity index (χ0v) is 11.4. The standard InChI is InChI=1S/C16H23NO2/c1-3-14(13-6-8-17-9-7-13)11-15(4-1)19-16-5-2-10-18-12-16/h1,3-4,11,13,16-17H,2,5-10,12H2. The van der Waals surface area contributed by atoms with Crippen molar-refractivity contribution in [3.8, 4) is 5.75 Å². The quantitative estimate of drug-likeness (QED) is 0.907. The van der Waals surface area contributed by atoms with E-state index in [1.807, 2.05) is 0 Å². The third-order valence-electron chi connectivity index (χ3n) is 4.09. The van der Waals surface area contributed by atoms with Crippen LogP contribution in [0.15, 0.2) is 24.3 Å². The lowest BCUT2D eigenvalue weighted by Crippen LogP contribution is -2.28. The van der Waals surface area contributed by atoms with Crippen LogP contribution in [-0.2, 0) is 4.74 Å². The summed E-state index contributed by atoms with van der Waals surface area (Å²) in [6.45, 7) is 3.88. The monoisotopic (exact) mass is 261 g/mol. The van der Waals surface area contributed by atoms with Gasteiger partial charge < -0.3 is 14.8 Å². The van der Waals surface area contributed by atoms with Gasteiger partial charge >= 0.3 is 0 Å². The van der Waals surface area contributed by atoms with E-state index in [2.05, 4.69) is 29.6 Å². The SMILES string of the molecule is c1cc(OC2CCCOC2)cc(C2CCNCC2)c1. The van der Waals surface area contributed by atoms with Crippen LogP contribution in [-0.4, -0.2) is 32.4 Å². The predicted octanol–water partition coefficient (Wildman–Crippen LogP) is 2.71. The minimum Gasteiger partial charge on any atom is -0.488 e. The number of hydrogen-bond acceptors (Lipinski definition) is 3. The maximum absolute atomic E-state index is 6.05. The summed E-state index contributed by atoms with van der Waals surface area (Å²) in [5.74, 6) is 1.69. The summed E-state index contributed by atoms with van der Waals surface area (Å²) < 4.78 is 11.5. The Morgan fingerprint density at radius 1 is 1.16 bits per heavy atom. The molecule has 2 aliphatic heterocycles. The second-order valence-electron chi connectivity index (χ2n) is 5.55. The van der Waals surface area contributed by atoms with Gasteiger partial charge in [0, 0.05) is 6.61 Å². The number of piperidine rings is 1. The van der Waals surface area contributed by atoms with Gasteiger partial charge in [0.15, 0.2) is 0 Å². The molecule has 104 valence electrons. The van der Waals surface area contributed by atoms with Crippen LogP contribution in [0.3, 0.4) is 0 Å². The second-order valence-corrected chi connectivity index (χ2v) is 5.55. The van der Waals surface area contributed by atoms with Crippen molar-refractivity contribution in [2.24, 2.45) is 0 Å². The molecule has 0 radical (unpaired) electrons. The Hall–Kier alpha value is -1.06. The summed E-state index contributed by atoms with van der Waals surface area (Å²) >= 11 is 0. The molecule has 2 heterocycles. The van der Waals surface area contributed by atoms with Crippen molar-refractivity contribution in [2.45, 2.75) is 37.7 Å². The molecule has 0 amide bonds. The smallest absolute Gasteiger partial charge is 0.122 e. The Labute approximate surface area is 115 Å². The molecule has 2 saturated heterocycles. The topological polar surface area (TPSA) is 30.5 Å². The van der Waals surface area contributed by atoms with E-state index in [1.54, 1.807) is 0 Å². The molecule has 1 atom stereocenters. The first-order valence-corrected chi connectivity index (χ1v) is 7.47. The maximum Gasteiger partial charge on any atom is 0.122 e. The lowest BCUT2D eigenvalue weighted by Gasteiger charge is -2.25. The largest absolute Gasteiger partial charge is 0.488 e. The van der Waals surface area contributed by atoms with E-state index in [0.717, 1.165) is 44.9 Å². The van der Waals surface area contributed by atoms with Gasteiger partial charge in [-0.15, -0.1) is 0 Å². The van der Waals surface area contributed by atoms with Crippen molar-refractivity contribution in [2.75, 3.05) is 26.3 Å².